The molecule has 1 aromatic carbocycles. The number of esters is 1. The molecule has 0 bridgehead atoms. The monoisotopic (exact) mass is 325 g/mol. The van der Waals surface area contributed by atoms with Crippen LogP contribution in [-0.2, 0) is 11.3 Å². The van der Waals surface area contributed by atoms with E-state index in [1.165, 1.54) is 6.07 Å². The van der Waals surface area contributed by atoms with Crippen molar-refractivity contribution < 1.29 is 18.5 Å². The molecule has 0 aliphatic rings. The van der Waals surface area contributed by atoms with Gasteiger partial charge in [-0.1, -0.05) is 35.5 Å². The maximum absolute atomic E-state index is 12.2. The van der Waals surface area contributed by atoms with E-state index in [9.17, 15) is 9.59 Å². The van der Waals surface area contributed by atoms with Crippen LogP contribution in [0, 0.1) is 13.8 Å². The molecule has 0 atom stereocenters. The molecule has 3 rings (SSSR count). The van der Waals surface area contributed by atoms with Crippen LogP contribution in [0.15, 0.2) is 56.2 Å². The first kappa shape index (κ1) is 15.7. The van der Waals surface area contributed by atoms with Crippen molar-refractivity contribution in [3.05, 3.63) is 75.5 Å². The standard InChI is InChI=1S/C18H15NO5/c1-11-8-16(20)23-12(2)17(11)18(21)22-10-14-9-15(24-19-14)13-6-4-3-5-7-13/h3-9H,10H2,1-2H3. The summed E-state index contributed by atoms with van der Waals surface area (Å²) in [6, 6.07) is 12.5. The number of ether oxygens (including phenoxy) is 1. The Hall–Kier alpha value is -3.15. The Bertz CT molecular complexity index is 898. The van der Waals surface area contributed by atoms with Crippen LogP contribution in [0.4, 0.5) is 0 Å². The van der Waals surface area contributed by atoms with Crippen molar-refractivity contribution in [2.45, 2.75) is 20.5 Å². The minimum absolute atomic E-state index is 0.0346. The van der Waals surface area contributed by atoms with Gasteiger partial charge >= 0.3 is 11.6 Å². The minimum atomic E-state index is -0.571. The molecule has 0 radical (unpaired) electrons. The second-order valence-electron chi connectivity index (χ2n) is 5.30. The van der Waals surface area contributed by atoms with Gasteiger partial charge in [-0.2, -0.15) is 0 Å². The van der Waals surface area contributed by atoms with Crippen molar-refractivity contribution in [3.8, 4) is 11.3 Å². The molecular formula is C18H15NO5. The fourth-order valence-corrected chi connectivity index (χ4v) is 2.39. The molecule has 0 aliphatic carbocycles. The number of hydrogen-bond acceptors (Lipinski definition) is 6. The van der Waals surface area contributed by atoms with Crippen LogP contribution < -0.4 is 5.63 Å². The number of aromatic nitrogens is 1. The number of hydrogen-bond donors (Lipinski definition) is 0. The Balaban J connectivity index is 1.72. The zero-order chi connectivity index (χ0) is 17.1. The van der Waals surface area contributed by atoms with Gasteiger partial charge in [-0.25, -0.2) is 9.59 Å². The summed E-state index contributed by atoms with van der Waals surface area (Å²) in [5.74, 6) is 0.257. The van der Waals surface area contributed by atoms with Crippen molar-refractivity contribution in [2.75, 3.05) is 0 Å². The van der Waals surface area contributed by atoms with Gasteiger partial charge in [0.05, 0.1) is 0 Å². The van der Waals surface area contributed by atoms with Crippen LogP contribution in [-0.4, -0.2) is 11.1 Å². The van der Waals surface area contributed by atoms with Crippen molar-refractivity contribution in [1.29, 1.82) is 0 Å². The maximum Gasteiger partial charge on any atom is 0.342 e. The predicted molar refractivity (Wildman–Crippen MR) is 85.5 cm³/mol. The highest BCUT2D eigenvalue weighted by Gasteiger charge is 2.17. The summed E-state index contributed by atoms with van der Waals surface area (Å²) >= 11 is 0. The van der Waals surface area contributed by atoms with Gasteiger partial charge in [0.1, 0.15) is 23.6 Å². The second kappa shape index (κ2) is 6.54. The van der Waals surface area contributed by atoms with Gasteiger partial charge in [-0.15, -0.1) is 0 Å². The number of rotatable bonds is 4. The molecule has 6 heteroatoms. The third-order valence-corrected chi connectivity index (χ3v) is 3.51. The molecule has 0 saturated carbocycles. The number of carbonyl (C=O) groups excluding carboxylic acids is 1. The van der Waals surface area contributed by atoms with Crippen LogP contribution in [0.25, 0.3) is 11.3 Å². The Morgan fingerprint density at radius 3 is 2.62 bits per heavy atom. The lowest BCUT2D eigenvalue weighted by Gasteiger charge is -2.07. The van der Waals surface area contributed by atoms with E-state index in [1.54, 1.807) is 19.9 Å². The molecule has 3 aromatic rings. The van der Waals surface area contributed by atoms with Crippen LogP contribution in [0.5, 0.6) is 0 Å². The SMILES string of the molecule is Cc1cc(=O)oc(C)c1C(=O)OCc1cc(-c2ccccc2)on1. The molecule has 0 spiro atoms. The summed E-state index contributed by atoms with van der Waals surface area (Å²) in [5, 5.41) is 3.89. The molecule has 2 aromatic heterocycles. The molecule has 2 heterocycles. The lowest BCUT2D eigenvalue weighted by molar-refractivity contribution is 0.0458. The van der Waals surface area contributed by atoms with Crippen molar-refractivity contribution in [1.82, 2.24) is 5.16 Å². The van der Waals surface area contributed by atoms with E-state index in [4.69, 9.17) is 13.7 Å². The van der Waals surface area contributed by atoms with E-state index in [0.717, 1.165) is 5.56 Å². The molecular weight excluding hydrogens is 310 g/mol. The molecule has 0 amide bonds. The van der Waals surface area contributed by atoms with E-state index >= 15 is 0 Å². The maximum atomic E-state index is 12.2. The molecule has 122 valence electrons. The fraction of sp³-hybridized carbons (Fsp3) is 0.167. The summed E-state index contributed by atoms with van der Waals surface area (Å²) in [5.41, 5.74) is 1.65. The zero-order valence-electron chi connectivity index (χ0n) is 13.2. The van der Waals surface area contributed by atoms with E-state index in [2.05, 4.69) is 5.16 Å². The van der Waals surface area contributed by atoms with Crippen molar-refractivity contribution >= 4 is 5.97 Å². The van der Waals surface area contributed by atoms with Gasteiger partial charge < -0.3 is 13.7 Å². The highest BCUT2D eigenvalue weighted by molar-refractivity contribution is 5.91. The normalized spacial score (nSPS) is 10.6. The average molecular weight is 325 g/mol. The van der Waals surface area contributed by atoms with Gasteiger partial charge in [0, 0.05) is 17.7 Å². The predicted octanol–water partition coefficient (Wildman–Crippen LogP) is 3.27. The molecule has 0 aliphatic heterocycles. The topological polar surface area (TPSA) is 82.5 Å². The number of carbonyl (C=O) groups is 1. The zero-order valence-corrected chi connectivity index (χ0v) is 13.2. The molecule has 24 heavy (non-hydrogen) atoms. The largest absolute Gasteiger partial charge is 0.455 e. The Morgan fingerprint density at radius 2 is 1.92 bits per heavy atom. The number of nitrogens with zero attached hydrogens (tertiary/aromatic N) is 1. The molecule has 6 nitrogen and oxygen atoms in total. The quantitative estimate of drug-likeness (QED) is 0.685. The van der Waals surface area contributed by atoms with Gasteiger partial charge in [-0.3, -0.25) is 0 Å². The highest BCUT2D eigenvalue weighted by Crippen LogP contribution is 2.20. The van der Waals surface area contributed by atoms with Crippen molar-refractivity contribution in [2.24, 2.45) is 0 Å². The third-order valence-electron chi connectivity index (χ3n) is 3.51. The van der Waals surface area contributed by atoms with Crippen molar-refractivity contribution in [3.63, 3.8) is 0 Å². The smallest absolute Gasteiger partial charge is 0.342 e. The summed E-state index contributed by atoms with van der Waals surface area (Å²) in [6.07, 6.45) is 0. The number of aryl methyl sites for hydroxylation is 2. The summed E-state index contributed by atoms with van der Waals surface area (Å²) in [7, 11) is 0. The summed E-state index contributed by atoms with van der Waals surface area (Å²) < 4.78 is 15.4. The van der Waals surface area contributed by atoms with Gasteiger partial charge in [-0.05, 0) is 19.4 Å². The summed E-state index contributed by atoms with van der Waals surface area (Å²) in [6.45, 7) is 3.17. The third kappa shape index (κ3) is 3.27. The van der Waals surface area contributed by atoms with Crippen LogP contribution in [0.2, 0.25) is 0 Å². The van der Waals surface area contributed by atoms with Gasteiger partial charge in [0.15, 0.2) is 5.76 Å². The van der Waals surface area contributed by atoms with E-state index < -0.39 is 11.6 Å². The Morgan fingerprint density at radius 1 is 1.17 bits per heavy atom. The molecule has 0 unspecified atom stereocenters. The lowest BCUT2D eigenvalue weighted by Crippen LogP contribution is -2.12. The van der Waals surface area contributed by atoms with Gasteiger partial charge in [0.25, 0.3) is 0 Å². The van der Waals surface area contributed by atoms with E-state index in [0.29, 0.717) is 17.0 Å². The Labute approximate surface area is 137 Å². The first-order valence-electron chi connectivity index (χ1n) is 7.34. The van der Waals surface area contributed by atoms with Crippen LogP contribution >= 0.6 is 0 Å². The highest BCUT2D eigenvalue weighted by atomic mass is 16.5. The first-order chi connectivity index (χ1) is 11.5. The lowest BCUT2D eigenvalue weighted by atomic mass is 10.1. The van der Waals surface area contributed by atoms with Crippen LogP contribution in [0.3, 0.4) is 0 Å². The van der Waals surface area contributed by atoms with E-state index in [1.807, 2.05) is 30.3 Å². The van der Waals surface area contributed by atoms with Crippen LogP contribution in [0.1, 0.15) is 27.4 Å². The average Bonchev–Trinajstić information content (AvgIpc) is 3.02. The van der Waals surface area contributed by atoms with Gasteiger partial charge in [0.2, 0.25) is 0 Å². The fourth-order valence-electron chi connectivity index (χ4n) is 2.39. The van der Waals surface area contributed by atoms with E-state index in [-0.39, 0.29) is 17.9 Å². The Kier molecular flexibility index (Phi) is 4.29. The minimum Gasteiger partial charge on any atom is -0.455 e. The molecule has 0 fully saturated rings. The first-order valence-corrected chi connectivity index (χ1v) is 7.34. The second-order valence-corrected chi connectivity index (χ2v) is 5.30. The number of benzene rings is 1. The molecule has 0 N–H and O–H groups in total. The molecule has 0 saturated heterocycles. The summed E-state index contributed by atoms with van der Waals surface area (Å²) in [4.78, 5) is 23.5.